The average molecular weight is 317 g/mol. The highest BCUT2D eigenvalue weighted by atomic mass is 19.1. The maximum Gasteiger partial charge on any atom is 0.315 e. The molecule has 3 rings (SSSR count). The predicted molar refractivity (Wildman–Crippen MR) is 83.4 cm³/mol. The molecule has 1 aromatic heterocycles. The number of hydrogen-bond donors (Lipinski definition) is 2. The Morgan fingerprint density at radius 2 is 2.35 bits per heavy atom. The van der Waals surface area contributed by atoms with Gasteiger partial charge in [0.15, 0.2) is 0 Å². The van der Waals surface area contributed by atoms with Crippen LogP contribution in [0.3, 0.4) is 0 Å². The number of carbonyl (C=O) groups excluding carboxylic acids is 1. The molecule has 0 bridgehead atoms. The van der Waals surface area contributed by atoms with Crippen LogP contribution in [0.2, 0.25) is 0 Å². The molecule has 1 heterocycles. The summed E-state index contributed by atoms with van der Waals surface area (Å²) in [5.74, 6) is 0.630. The number of halogens is 1. The van der Waals surface area contributed by atoms with Crippen LogP contribution in [-0.4, -0.2) is 27.3 Å². The molecule has 1 aromatic carbocycles. The fraction of sp³-hybridized carbons (Fsp3) is 0.438. The molecule has 0 spiro atoms. The summed E-state index contributed by atoms with van der Waals surface area (Å²) in [4.78, 5) is 12.0. The fourth-order valence-corrected chi connectivity index (χ4v) is 2.96. The summed E-state index contributed by atoms with van der Waals surface area (Å²) < 4.78 is 15.3. The van der Waals surface area contributed by atoms with Crippen molar-refractivity contribution in [3.8, 4) is 0 Å². The minimum Gasteiger partial charge on any atom is -0.336 e. The van der Waals surface area contributed by atoms with Crippen LogP contribution < -0.4 is 10.6 Å². The average Bonchev–Trinajstić information content (AvgIpc) is 3.14. The number of aryl methyl sites for hydroxylation is 2. The van der Waals surface area contributed by atoms with Crippen LogP contribution in [-0.2, 0) is 19.4 Å². The highest BCUT2D eigenvalue weighted by Crippen LogP contribution is 2.31. The topological polar surface area (TPSA) is 71.8 Å². The second-order valence-electron chi connectivity index (χ2n) is 5.63. The number of fused-ring (bicyclic) bond motifs is 1. The lowest BCUT2D eigenvalue weighted by Crippen LogP contribution is -2.38. The van der Waals surface area contributed by atoms with E-state index in [1.807, 2.05) is 11.5 Å². The largest absolute Gasteiger partial charge is 0.336 e. The number of aromatic nitrogens is 3. The Morgan fingerprint density at radius 3 is 3.17 bits per heavy atom. The summed E-state index contributed by atoms with van der Waals surface area (Å²) in [7, 11) is 0. The van der Waals surface area contributed by atoms with Gasteiger partial charge < -0.3 is 15.2 Å². The minimum atomic E-state index is -0.266. The lowest BCUT2D eigenvalue weighted by Gasteiger charge is -2.15. The highest BCUT2D eigenvalue weighted by Gasteiger charge is 2.24. The second kappa shape index (κ2) is 6.76. The number of rotatable bonds is 5. The molecule has 2 amide bonds. The predicted octanol–water partition coefficient (Wildman–Crippen LogP) is 1.97. The van der Waals surface area contributed by atoms with Gasteiger partial charge in [0.1, 0.15) is 18.0 Å². The van der Waals surface area contributed by atoms with Gasteiger partial charge >= 0.3 is 6.03 Å². The van der Waals surface area contributed by atoms with E-state index in [9.17, 15) is 9.18 Å². The van der Waals surface area contributed by atoms with E-state index >= 15 is 0 Å². The number of urea groups is 1. The van der Waals surface area contributed by atoms with Gasteiger partial charge in [0.25, 0.3) is 0 Å². The monoisotopic (exact) mass is 317 g/mol. The van der Waals surface area contributed by atoms with E-state index in [2.05, 4.69) is 20.8 Å². The zero-order valence-corrected chi connectivity index (χ0v) is 13.1. The number of nitrogens with zero attached hydrogens (tertiary/aromatic N) is 3. The smallest absolute Gasteiger partial charge is 0.315 e. The van der Waals surface area contributed by atoms with Crippen molar-refractivity contribution >= 4 is 6.03 Å². The van der Waals surface area contributed by atoms with Crippen LogP contribution in [0.1, 0.15) is 36.3 Å². The van der Waals surface area contributed by atoms with Crippen molar-refractivity contribution in [2.45, 2.75) is 38.8 Å². The quantitative estimate of drug-likeness (QED) is 0.885. The van der Waals surface area contributed by atoms with E-state index in [4.69, 9.17) is 0 Å². The van der Waals surface area contributed by atoms with Gasteiger partial charge in [-0.15, -0.1) is 10.2 Å². The third kappa shape index (κ3) is 3.49. The number of nitrogens with one attached hydrogen (secondary N) is 2. The SMILES string of the molecule is CCc1nncn1CCNC(=O)NC1CCc2ccc(F)cc21. The molecule has 23 heavy (non-hydrogen) atoms. The lowest BCUT2D eigenvalue weighted by molar-refractivity contribution is 0.236. The van der Waals surface area contributed by atoms with Crippen molar-refractivity contribution < 1.29 is 9.18 Å². The van der Waals surface area contributed by atoms with Crippen molar-refractivity contribution in [3.63, 3.8) is 0 Å². The first kappa shape index (κ1) is 15.5. The van der Waals surface area contributed by atoms with Crippen LogP contribution in [0.5, 0.6) is 0 Å². The molecular formula is C16H20FN5O. The standard InChI is InChI=1S/C16H20FN5O/c1-2-15-21-19-10-22(15)8-7-18-16(23)20-14-6-4-11-3-5-12(17)9-13(11)14/h3,5,9-10,14H,2,4,6-8H2,1H3,(H2,18,20,23). The molecule has 2 aromatic rings. The molecule has 0 saturated heterocycles. The number of carbonyl (C=O) groups is 1. The Labute approximate surface area is 134 Å². The zero-order valence-electron chi connectivity index (χ0n) is 13.1. The second-order valence-corrected chi connectivity index (χ2v) is 5.63. The fourth-order valence-electron chi connectivity index (χ4n) is 2.96. The van der Waals surface area contributed by atoms with Crippen molar-refractivity contribution in [2.75, 3.05) is 6.54 Å². The lowest BCUT2D eigenvalue weighted by atomic mass is 10.1. The van der Waals surface area contributed by atoms with Crippen LogP contribution in [0.25, 0.3) is 0 Å². The summed E-state index contributed by atoms with van der Waals surface area (Å²) in [6.45, 7) is 3.12. The number of amides is 2. The van der Waals surface area contributed by atoms with Gasteiger partial charge in [-0.1, -0.05) is 13.0 Å². The Bertz CT molecular complexity index is 700. The molecule has 0 radical (unpaired) electrons. The summed E-state index contributed by atoms with van der Waals surface area (Å²) >= 11 is 0. The summed E-state index contributed by atoms with van der Waals surface area (Å²) in [6.07, 6.45) is 4.13. The highest BCUT2D eigenvalue weighted by molar-refractivity contribution is 5.74. The van der Waals surface area contributed by atoms with E-state index < -0.39 is 0 Å². The van der Waals surface area contributed by atoms with Crippen LogP contribution in [0, 0.1) is 5.82 Å². The molecular weight excluding hydrogens is 297 g/mol. The van der Waals surface area contributed by atoms with E-state index in [0.29, 0.717) is 13.1 Å². The molecule has 0 saturated carbocycles. The van der Waals surface area contributed by atoms with Crippen LogP contribution in [0.4, 0.5) is 9.18 Å². The van der Waals surface area contributed by atoms with E-state index in [1.165, 1.54) is 12.1 Å². The van der Waals surface area contributed by atoms with Crippen molar-refractivity contribution in [1.82, 2.24) is 25.4 Å². The summed E-state index contributed by atoms with van der Waals surface area (Å²) in [6, 6.07) is 4.41. The Morgan fingerprint density at radius 1 is 1.48 bits per heavy atom. The number of benzene rings is 1. The molecule has 1 unspecified atom stereocenters. The molecule has 0 fully saturated rings. The van der Waals surface area contributed by atoms with Gasteiger partial charge in [0, 0.05) is 19.5 Å². The summed E-state index contributed by atoms with van der Waals surface area (Å²) in [5, 5.41) is 13.6. The first-order valence-corrected chi connectivity index (χ1v) is 7.86. The van der Waals surface area contributed by atoms with E-state index in [-0.39, 0.29) is 17.9 Å². The first-order valence-electron chi connectivity index (χ1n) is 7.86. The van der Waals surface area contributed by atoms with Crippen molar-refractivity contribution in [3.05, 3.63) is 47.3 Å². The van der Waals surface area contributed by atoms with Gasteiger partial charge in [-0.3, -0.25) is 0 Å². The van der Waals surface area contributed by atoms with Gasteiger partial charge in [-0.2, -0.15) is 0 Å². The van der Waals surface area contributed by atoms with Gasteiger partial charge in [-0.05, 0) is 36.1 Å². The third-order valence-corrected chi connectivity index (χ3v) is 4.14. The van der Waals surface area contributed by atoms with E-state index in [1.54, 1.807) is 12.4 Å². The Kier molecular flexibility index (Phi) is 4.55. The third-order valence-electron chi connectivity index (χ3n) is 4.14. The first-order chi connectivity index (χ1) is 11.2. The molecule has 1 aliphatic rings. The Hall–Kier alpha value is -2.44. The molecule has 1 atom stereocenters. The maximum absolute atomic E-state index is 13.4. The van der Waals surface area contributed by atoms with E-state index in [0.717, 1.165) is 36.2 Å². The molecule has 7 heteroatoms. The molecule has 6 nitrogen and oxygen atoms in total. The zero-order chi connectivity index (χ0) is 16.2. The van der Waals surface area contributed by atoms with Crippen molar-refractivity contribution in [1.29, 1.82) is 0 Å². The van der Waals surface area contributed by atoms with Crippen LogP contribution in [0.15, 0.2) is 24.5 Å². The Balaban J connectivity index is 1.50. The van der Waals surface area contributed by atoms with Gasteiger partial charge in [0.05, 0.1) is 6.04 Å². The molecule has 122 valence electrons. The normalized spacial score (nSPS) is 16.2. The molecule has 2 N–H and O–H groups in total. The van der Waals surface area contributed by atoms with Gasteiger partial charge in [-0.25, -0.2) is 9.18 Å². The molecule has 1 aliphatic carbocycles. The molecule has 0 aliphatic heterocycles. The maximum atomic E-state index is 13.4. The summed E-state index contributed by atoms with van der Waals surface area (Å²) in [5.41, 5.74) is 1.99. The minimum absolute atomic E-state index is 0.123. The van der Waals surface area contributed by atoms with Crippen LogP contribution >= 0.6 is 0 Å². The van der Waals surface area contributed by atoms with Gasteiger partial charge in [0.2, 0.25) is 0 Å². The number of hydrogen-bond acceptors (Lipinski definition) is 3. The van der Waals surface area contributed by atoms with Crippen molar-refractivity contribution in [2.24, 2.45) is 0 Å².